The van der Waals surface area contributed by atoms with E-state index in [4.69, 9.17) is 23.2 Å². The van der Waals surface area contributed by atoms with Crippen LogP contribution in [-0.2, 0) is 4.79 Å². The van der Waals surface area contributed by atoms with Crippen LogP contribution in [0.5, 0.6) is 0 Å². The molecule has 0 amide bonds. The summed E-state index contributed by atoms with van der Waals surface area (Å²) in [6.07, 6.45) is 3.04. The van der Waals surface area contributed by atoms with Crippen molar-refractivity contribution in [3.8, 4) is 0 Å². The molecule has 2 aromatic carbocycles. The van der Waals surface area contributed by atoms with Crippen molar-refractivity contribution < 1.29 is 9.59 Å². The number of hydrogen-bond donors (Lipinski definition) is 0. The van der Waals surface area contributed by atoms with E-state index >= 15 is 0 Å². The molecule has 142 valence electrons. The highest BCUT2D eigenvalue weighted by Crippen LogP contribution is 2.33. The third-order valence-electron chi connectivity index (χ3n) is 4.66. The number of Topliss-reactive ketones (excluding diaryl/α,β-unsaturated/α-hetero) is 2. The Morgan fingerprint density at radius 3 is 1.93 bits per heavy atom. The molecule has 2 nitrogen and oxygen atoms in total. The highest BCUT2D eigenvalue weighted by molar-refractivity contribution is 6.55. The van der Waals surface area contributed by atoms with Gasteiger partial charge >= 0.3 is 0 Å². The zero-order valence-corrected chi connectivity index (χ0v) is 17.7. The Morgan fingerprint density at radius 2 is 1.36 bits per heavy atom. The summed E-state index contributed by atoms with van der Waals surface area (Å²) in [7, 11) is 0. The number of ketones is 2. The van der Waals surface area contributed by atoms with Gasteiger partial charge in [0.15, 0.2) is 5.78 Å². The van der Waals surface area contributed by atoms with Gasteiger partial charge in [0.05, 0.1) is 10.1 Å². The Bertz CT molecular complexity index is 1060. The van der Waals surface area contributed by atoms with Crippen molar-refractivity contribution in [2.75, 3.05) is 0 Å². The van der Waals surface area contributed by atoms with E-state index in [2.05, 4.69) is 0 Å². The highest BCUT2D eigenvalue weighted by atomic mass is 35.5. The number of halogens is 2. The monoisotopic (exact) mass is 410 g/mol. The van der Waals surface area contributed by atoms with E-state index in [1.165, 1.54) is 12.2 Å². The lowest BCUT2D eigenvalue weighted by Gasteiger charge is -2.16. The summed E-state index contributed by atoms with van der Waals surface area (Å²) < 4.78 is 0. The van der Waals surface area contributed by atoms with E-state index in [1.54, 1.807) is 0 Å². The van der Waals surface area contributed by atoms with Crippen molar-refractivity contribution in [1.82, 2.24) is 0 Å². The molecule has 2 aromatic rings. The fourth-order valence-corrected chi connectivity index (χ4v) is 3.85. The minimum Gasteiger partial charge on any atom is -0.289 e. The maximum Gasteiger partial charge on any atom is 0.215 e. The molecule has 1 aliphatic carbocycles. The van der Waals surface area contributed by atoms with Crippen LogP contribution in [0.15, 0.2) is 64.2 Å². The van der Waals surface area contributed by atoms with Gasteiger partial charge in [0, 0.05) is 11.1 Å². The van der Waals surface area contributed by atoms with Gasteiger partial charge in [-0.05, 0) is 62.6 Å². The van der Waals surface area contributed by atoms with Gasteiger partial charge in [0.1, 0.15) is 0 Å². The van der Waals surface area contributed by atoms with Crippen LogP contribution in [0, 0.1) is 27.7 Å². The molecule has 1 aliphatic rings. The molecule has 0 unspecified atom stereocenters. The number of benzene rings is 2. The Hall–Kier alpha value is -2.42. The van der Waals surface area contributed by atoms with Crippen LogP contribution in [0.4, 0.5) is 0 Å². The van der Waals surface area contributed by atoms with E-state index in [1.807, 2.05) is 64.1 Å². The zero-order chi connectivity index (χ0) is 20.6. The first-order valence-corrected chi connectivity index (χ1v) is 9.67. The van der Waals surface area contributed by atoms with E-state index in [0.717, 1.165) is 27.8 Å². The number of allylic oxidation sites excluding steroid dienone is 6. The third-order valence-corrected chi connectivity index (χ3v) is 5.22. The second-order valence-electron chi connectivity index (χ2n) is 7.17. The van der Waals surface area contributed by atoms with Crippen molar-refractivity contribution in [3.05, 3.63) is 97.6 Å². The van der Waals surface area contributed by atoms with Gasteiger partial charge < -0.3 is 0 Å². The van der Waals surface area contributed by atoms with Crippen molar-refractivity contribution >= 4 is 40.3 Å². The summed E-state index contributed by atoms with van der Waals surface area (Å²) >= 11 is 12.2. The summed E-state index contributed by atoms with van der Waals surface area (Å²) in [5, 5.41) is -0.00345. The molecule has 3 rings (SSSR count). The molecular weight excluding hydrogens is 391 g/mol. The number of hydrogen-bond acceptors (Lipinski definition) is 2. The molecule has 0 aromatic heterocycles. The Labute approximate surface area is 175 Å². The lowest BCUT2D eigenvalue weighted by Crippen LogP contribution is -2.11. The summed E-state index contributed by atoms with van der Waals surface area (Å²) in [5.41, 5.74) is 6.37. The molecule has 0 heterocycles. The number of aryl methyl sites for hydroxylation is 4. The quantitative estimate of drug-likeness (QED) is 0.434. The molecule has 28 heavy (non-hydrogen) atoms. The minimum absolute atomic E-state index is 0.00172. The maximum atomic E-state index is 13.6. The van der Waals surface area contributed by atoms with Gasteiger partial charge in [-0.3, -0.25) is 9.59 Å². The van der Waals surface area contributed by atoms with Gasteiger partial charge in [-0.15, -0.1) is 0 Å². The fourth-order valence-electron chi connectivity index (χ4n) is 3.37. The summed E-state index contributed by atoms with van der Waals surface area (Å²) in [5.74, 6) is -0.567. The first kappa shape index (κ1) is 20.3. The normalized spacial score (nSPS) is 13.9. The zero-order valence-electron chi connectivity index (χ0n) is 16.2. The van der Waals surface area contributed by atoms with Gasteiger partial charge in [0.25, 0.3) is 0 Å². The molecule has 0 fully saturated rings. The molecule has 0 saturated carbocycles. The standard InChI is InChI=1S/C24H20Cl2O2/c1-13-5-6-16(4)19(10-13)23(27)22(17-8-14(2)7-15(3)9-17)18-11-20(25)24(28)21(26)12-18/h5-12H,1-4H3. The summed E-state index contributed by atoms with van der Waals surface area (Å²) in [4.78, 5) is 25.6. The number of carbonyl (C=O) groups excluding carboxylic acids is 2. The average Bonchev–Trinajstić information content (AvgIpc) is 2.61. The predicted octanol–water partition coefficient (Wildman–Crippen LogP) is 6.38. The summed E-state index contributed by atoms with van der Waals surface area (Å²) in [6, 6.07) is 11.7. The van der Waals surface area contributed by atoms with Gasteiger partial charge in [-0.25, -0.2) is 0 Å². The highest BCUT2D eigenvalue weighted by Gasteiger charge is 2.24. The van der Waals surface area contributed by atoms with Crippen LogP contribution < -0.4 is 0 Å². The Balaban J connectivity index is 2.33. The van der Waals surface area contributed by atoms with Crippen molar-refractivity contribution in [1.29, 1.82) is 0 Å². The molecule has 0 saturated heterocycles. The Kier molecular flexibility index (Phi) is 5.74. The fraction of sp³-hybridized carbons (Fsp3) is 0.167. The second kappa shape index (κ2) is 7.90. The van der Waals surface area contributed by atoms with E-state index in [9.17, 15) is 9.59 Å². The second-order valence-corrected chi connectivity index (χ2v) is 7.98. The number of rotatable bonds is 3. The summed E-state index contributed by atoms with van der Waals surface area (Å²) in [6.45, 7) is 7.83. The van der Waals surface area contributed by atoms with Crippen molar-refractivity contribution in [2.24, 2.45) is 0 Å². The molecule has 0 atom stereocenters. The van der Waals surface area contributed by atoms with Gasteiger partial charge in [-0.2, -0.15) is 0 Å². The molecule has 0 bridgehead atoms. The van der Waals surface area contributed by atoms with E-state index in [0.29, 0.717) is 16.7 Å². The average molecular weight is 411 g/mol. The topological polar surface area (TPSA) is 34.1 Å². The van der Waals surface area contributed by atoms with Crippen LogP contribution in [0.2, 0.25) is 0 Å². The molecule has 0 aliphatic heterocycles. The lowest BCUT2D eigenvalue weighted by atomic mass is 9.87. The smallest absolute Gasteiger partial charge is 0.215 e. The van der Waals surface area contributed by atoms with Crippen molar-refractivity contribution in [2.45, 2.75) is 27.7 Å². The molecular formula is C24H20Cl2O2. The largest absolute Gasteiger partial charge is 0.289 e. The SMILES string of the molecule is Cc1cc(C)cc(C(C(=O)c2cc(C)ccc2C)=C2C=C(Cl)C(=O)C(Cl)=C2)c1. The van der Waals surface area contributed by atoms with E-state index < -0.39 is 5.78 Å². The first-order chi connectivity index (χ1) is 13.2. The van der Waals surface area contributed by atoms with Crippen LogP contribution in [0.3, 0.4) is 0 Å². The third kappa shape index (κ3) is 4.04. The van der Waals surface area contributed by atoms with E-state index in [-0.39, 0.29) is 15.8 Å². The molecule has 0 N–H and O–H groups in total. The van der Waals surface area contributed by atoms with Crippen LogP contribution in [-0.4, -0.2) is 11.6 Å². The lowest BCUT2D eigenvalue weighted by molar-refractivity contribution is -0.111. The molecule has 0 spiro atoms. The predicted molar refractivity (Wildman–Crippen MR) is 116 cm³/mol. The van der Waals surface area contributed by atoms with Crippen molar-refractivity contribution in [3.63, 3.8) is 0 Å². The van der Waals surface area contributed by atoms with Gasteiger partial charge in [0.2, 0.25) is 5.78 Å². The van der Waals surface area contributed by atoms with Crippen LogP contribution in [0.25, 0.3) is 5.57 Å². The molecule has 0 radical (unpaired) electrons. The van der Waals surface area contributed by atoms with Crippen LogP contribution >= 0.6 is 23.2 Å². The van der Waals surface area contributed by atoms with Crippen LogP contribution in [0.1, 0.15) is 38.2 Å². The Morgan fingerprint density at radius 1 is 0.786 bits per heavy atom. The maximum absolute atomic E-state index is 13.6. The number of carbonyl (C=O) groups is 2. The molecule has 4 heteroatoms. The first-order valence-electron chi connectivity index (χ1n) is 8.91. The van der Waals surface area contributed by atoms with Gasteiger partial charge in [-0.1, -0.05) is 70.2 Å². The minimum atomic E-state index is -0.439.